The van der Waals surface area contributed by atoms with Crippen LogP contribution >= 0.6 is 0 Å². The normalized spacial score (nSPS) is 47.9. The molecule has 5 atom stereocenters. The van der Waals surface area contributed by atoms with Crippen molar-refractivity contribution in [2.24, 2.45) is 5.73 Å². The van der Waals surface area contributed by atoms with Crippen LogP contribution in [0.25, 0.3) is 0 Å². The Morgan fingerprint density at radius 1 is 1.50 bits per heavy atom. The molecule has 4 N–H and O–H groups in total. The molecule has 3 saturated heterocycles. The van der Waals surface area contributed by atoms with Crippen LogP contribution < -0.4 is 5.73 Å². The van der Waals surface area contributed by atoms with E-state index in [1.54, 1.807) is 4.90 Å². The highest BCUT2D eigenvalue weighted by Crippen LogP contribution is 2.39. The number of hydrogen-bond acceptors (Lipinski definition) is 6. The summed E-state index contributed by atoms with van der Waals surface area (Å²) in [5, 5.41) is 20.4. The first kappa shape index (κ1) is 12.3. The first-order chi connectivity index (χ1) is 8.59. The number of rotatable bonds is 2. The van der Waals surface area contributed by atoms with E-state index in [9.17, 15) is 15.0 Å². The number of nitrogens with two attached hydrogens (primary N) is 1. The lowest BCUT2D eigenvalue weighted by Gasteiger charge is -2.45. The Morgan fingerprint density at radius 2 is 2.28 bits per heavy atom. The Bertz CT molecular complexity index is 365. The van der Waals surface area contributed by atoms with Crippen molar-refractivity contribution in [3.8, 4) is 0 Å². The van der Waals surface area contributed by atoms with Crippen LogP contribution in [0.5, 0.6) is 0 Å². The smallest absolute Gasteiger partial charge is 0.223 e. The third-order valence-electron chi connectivity index (χ3n) is 4.15. The first-order valence-corrected chi connectivity index (χ1v) is 6.24. The zero-order valence-electron chi connectivity index (χ0n) is 9.99. The van der Waals surface area contributed by atoms with Crippen LogP contribution in [0.3, 0.4) is 0 Å². The molecule has 0 saturated carbocycles. The van der Waals surface area contributed by atoms with Gasteiger partial charge in [0.15, 0.2) is 6.29 Å². The zero-order chi connectivity index (χ0) is 12.9. The maximum atomic E-state index is 11.7. The van der Waals surface area contributed by atoms with E-state index in [4.69, 9.17) is 15.2 Å². The number of aliphatic hydroxyl groups excluding tert-OH is 2. The van der Waals surface area contributed by atoms with Crippen LogP contribution in [0.1, 0.15) is 12.8 Å². The number of carbonyl (C=O) groups is 1. The molecule has 3 aliphatic heterocycles. The Balaban J connectivity index is 1.87. The summed E-state index contributed by atoms with van der Waals surface area (Å²) < 4.78 is 11.1. The van der Waals surface area contributed by atoms with Crippen LogP contribution in [0, 0.1) is 0 Å². The van der Waals surface area contributed by atoms with Gasteiger partial charge in [-0.2, -0.15) is 0 Å². The average molecular weight is 258 g/mol. The molecule has 7 heteroatoms. The van der Waals surface area contributed by atoms with Gasteiger partial charge in [-0.1, -0.05) is 0 Å². The van der Waals surface area contributed by atoms with Crippen molar-refractivity contribution < 1.29 is 24.5 Å². The minimum atomic E-state index is -1.14. The fraction of sp³-hybridized carbons (Fsp3) is 0.909. The number of amides is 1. The van der Waals surface area contributed by atoms with Gasteiger partial charge in [-0.3, -0.25) is 4.79 Å². The standard InChI is InChI=1S/C11H18N2O5/c12-4-11-5-17-10(18-11)7(8(15)9(11)16)13-3-1-2-6(13)14/h7-10,15-16H,1-5,12H2/t7-,8-,9-,10?,11+/m1/s1. The number of fused-ring (bicyclic) bond motifs is 2. The summed E-state index contributed by atoms with van der Waals surface area (Å²) >= 11 is 0. The lowest BCUT2D eigenvalue weighted by Crippen LogP contribution is -2.67. The predicted octanol–water partition coefficient (Wildman–Crippen LogP) is -2.22. The molecule has 3 heterocycles. The summed E-state index contributed by atoms with van der Waals surface area (Å²) in [4.78, 5) is 13.3. The van der Waals surface area contributed by atoms with E-state index in [-0.39, 0.29) is 19.1 Å². The van der Waals surface area contributed by atoms with Gasteiger partial charge in [0.2, 0.25) is 5.91 Å². The molecule has 3 rings (SSSR count). The van der Waals surface area contributed by atoms with Gasteiger partial charge in [-0.25, -0.2) is 0 Å². The molecule has 0 aliphatic carbocycles. The van der Waals surface area contributed by atoms with Crippen molar-refractivity contribution in [3.05, 3.63) is 0 Å². The van der Waals surface area contributed by atoms with Gasteiger partial charge in [0.25, 0.3) is 0 Å². The van der Waals surface area contributed by atoms with E-state index in [1.165, 1.54) is 0 Å². The van der Waals surface area contributed by atoms with Gasteiger partial charge in [-0.15, -0.1) is 0 Å². The monoisotopic (exact) mass is 258 g/mol. The van der Waals surface area contributed by atoms with Crippen molar-refractivity contribution in [1.82, 2.24) is 4.90 Å². The molecule has 0 aromatic carbocycles. The van der Waals surface area contributed by atoms with Crippen LogP contribution in [-0.2, 0) is 14.3 Å². The van der Waals surface area contributed by atoms with Crippen LogP contribution in [0.2, 0.25) is 0 Å². The minimum absolute atomic E-state index is 0.0365. The summed E-state index contributed by atoms with van der Waals surface area (Å²) in [6, 6.07) is -0.642. The molecule has 3 fully saturated rings. The summed E-state index contributed by atoms with van der Waals surface area (Å²) in [5.74, 6) is -0.0365. The second-order valence-corrected chi connectivity index (χ2v) is 5.18. The van der Waals surface area contributed by atoms with E-state index in [1.807, 2.05) is 0 Å². The largest absolute Gasteiger partial charge is 0.388 e. The topological polar surface area (TPSA) is 105 Å². The summed E-state index contributed by atoms with van der Waals surface area (Å²) in [7, 11) is 0. The molecule has 1 unspecified atom stereocenters. The fourth-order valence-corrected chi connectivity index (χ4v) is 3.05. The molecule has 18 heavy (non-hydrogen) atoms. The van der Waals surface area contributed by atoms with Gasteiger partial charge < -0.3 is 30.3 Å². The average Bonchev–Trinajstić information content (AvgIpc) is 2.95. The minimum Gasteiger partial charge on any atom is -0.388 e. The number of hydrogen-bond donors (Lipinski definition) is 3. The molecular formula is C11H18N2O5. The molecule has 0 spiro atoms. The van der Waals surface area contributed by atoms with E-state index in [0.717, 1.165) is 6.42 Å². The number of nitrogens with zero attached hydrogens (tertiary/aromatic N) is 1. The lowest BCUT2D eigenvalue weighted by molar-refractivity contribution is -0.238. The zero-order valence-corrected chi connectivity index (χ0v) is 9.99. The maximum Gasteiger partial charge on any atom is 0.223 e. The lowest BCUT2D eigenvalue weighted by atomic mass is 9.87. The molecule has 7 nitrogen and oxygen atoms in total. The Hall–Kier alpha value is -0.730. The maximum absolute atomic E-state index is 11.7. The van der Waals surface area contributed by atoms with E-state index in [0.29, 0.717) is 13.0 Å². The SMILES string of the molecule is NC[C@@]12COC(O1)[C@H](N1CCCC1=O)[C@@H](O)[C@H]2O. The van der Waals surface area contributed by atoms with E-state index in [2.05, 4.69) is 0 Å². The third-order valence-corrected chi connectivity index (χ3v) is 4.15. The van der Waals surface area contributed by atoms with Gasteiger partial charge in [0, 0.05) is 19.5 Å². The second-order valence-electron chi connectivity index (χ2n) is 5.18. The fourth-order valence-electron chi connectivity index (χ4n) is 3.05. The highest BCUT2D eigenvalue weighted by atomic mass is 16.7. The van der Waals surface area contributed by atoms with Crippen molar-refractivity contribution in [3.63, 3.8) is 0 Å². The molecule has 0 aromatic rings. The number of likely N-dealkylation sites (tertiary alicyclic amines) is 1. The Labute approximate surface area is 104 Å². The predicted molar refractivity (Wildman–Crippen MR) is 59.4 cm³/mol. The highest BCUT2D eigenvalue weighted by Gasteiger charge is 2.60. The van der Waals surface area contributed by atoms with Gasteiger partial charge in [-0.05, 0) is 6.42 Å². The van der Waals surface area contributed by atoms with Crippen molar-refractivity contribution >= 4 is 5.91 Å². The molecule has 3 aliphatic rings. The van der Waals surface area contributed by atoms with Crippen LogP contribution in [-0.4, -0.2) is 70.9 Å². The first-order valence-electron chi connectivity index (χ1n) is 6.24. The number of carbonyl (C=O) groups excluding carboxylic acids is 1. The van der Waals surface area contributed by atoms with Gasteiger partial charge >= 0.3 is 0 Å². The van der Waals surface area contributed by atoms with Crippen molar-refractivity contribution in [2.75, 3.05) is 19.7 Å². The van der Waals surface area contributed by atoms with Crippen molar-refractivity contribution in [2.45, 2.75) is 43.0 Å². The van der Waals surface area contributed by atoms with Crippen LogP contribution in [0.4, 0.5) is 0 Å². The Kier molecular flexibility index (Phi) is 2.83. The highest BCUT2D eigenvalue weighted by molar-refractivity contribution is 5.78. The molecule has 1 amide bonds. The quantitative estimate of drug-likeness (QED) is 0.518. The summed E-state index contributed by atoms with van der Waals surface area (Å²) in [5.41, 5.74) is 4.56. The van der Waals surface area contributed by atoms with E-state index >= 15 is 0 Å². The molecule has 102 valence electrons. The second kappa shape index (κ2) is 4.14. The Morgan fingerprint density at radius 3 is 2.89 bits per heavy atom. The molecule has 0 aromatic heterocycles. The molecule has 0 radical (unpaired) electrons. The van der Waals surface area contributed by atoms with E-state index < -0.39 is 30.1 Å². The van der Waals surface area contributed by atoms with Gasteiger partial charge in [0.05, 0.1) is 6.61 Å². The number of aliphatic hydroxyl groups is 2. The third kappa shape index (κ3) is 1.52. The molecular weight excluding hydrogens is 240 g/mol. The van der Waals surface area contributed by atoms with Crippen LogP contribution in [0.15, 0.2) is 0 Å². The van der Waals surface area contributed by atoms with Gasteiger partial charge in [0.1, 0.15) is 23.9 Å². The number of ether oxygens (including phenoxy) is 2. The summed E-state index contributed by atoms with van der Waals surface area (Å²) in [6.45, 7) is 0.777. The molecule has 2 bridgehead atoms. The summed E-state index contributed by atoms with van der Waals surface area (Å²) in [6.07, 6.45) is -1.70. The van der Waals surface area contributed by atoms with Crippen molar-refractivity contribution in [1.29, 1.82) is 0 Å².